The standard InChI is InChI=1S/C24H18F4N4O4/c1-3-17(20(29-2)24(26,27)28)21(33)32-16-7-4-13(5-8-16)15-11-30-23(31-12-15)36-19-9-6-14(22(34)35)10-18(19)25/h3-12H,1-2H3,(H,32,33)(H,34,35)/b17-3+,29-20?. The number of nitrogens with zero attached hydrogens (tertiary/aromatic N) is 3. The molecule has 1 amide bonds. The molecule has 186 valence electrons. The minimum absolute atomic E-state index is 0.179. The molecule has 0 aliphatic rings. The third-order valence-corrected chi connectivity index (χ3v) is 4.76. The Balaban J connectivity index is 1.70. The number of aromatic carboxylic acids is 1. The van der Waals surface area contributed by atoms with Gasteiger partial charge in [-0.25, -0.2) is 19.2 Å². The van der Waals surface area contributed by atoms with Crippen LogP contribution in [0.1, 0.15) is 17.3 Å². The van der Waals surface area contributed by atoms with Gasteiger partial charge >= 0.3 is 18.2 Å². The summed E-state index contributed by atoms with van der Waals surface area (Å²) in [6, 6.07) is 9.10. The molecular formula is C24H18F4N4O4. The molecule has 0 unspecified atom stereocenters. The van der Waals surface area contributed by atoms with Gasteiger partial charge in [0.2, 0.25) is 0 Å². The highest BCUT2D eigenvalue weighted by Gasteiger charge is 2.39. The Morgan fingerprint density at radius 3 is 2.19 bits per heavy atom. The molecule has 0 saturated carbocycles. The van der Waals surface area contributed by atoms with Crippen LogP contribution in [-0.4, -0.2) is 45.9 Å². The van der Waals surface area contributed by atoms with Crippen LogP contribution in [0.3, 0.4) is 0 Å². The lowest BCUT2D eigenvalue weighted by Crippen LogP contribution is -2.31. The van der Waals surface area contributed by atoms with Crippen molar-refractivity contribution in [2.45, 2.75) is 13.1 Å². The van der Waals surface area contributed by atoms with Gasteiger partial charge in [-0.2, -0.15) is 13.2 Å². The van der Waals surface area contributed by atoms with Gasteiger partial charge in [0.25, 0.3) is 5.91 Å². The summed E-state index contributed by atoms with van der Waals surface area (Å²) in [4.78, 5) is 34.4. The van der Waals surface area contributed by atoms with Gasteiger partial charge in [0, 0.05) is 30.7 Å². The molecular weight excluding hydrogens is 484 g/mol. The number of allylic oxidation sites excluding steroid dienone is 1. The fourth-order valence-electron chi connectivity index (χ4n) is 3.05. The third-order valence-electron chi connectivity index (χ3n) is 4.76. The number of carboxylic acid groups (broad SMARTS) is 1. The van der Waals surface area contributed by atoms with Crippen LogP contribution in [-0.2, 0) is 4.79 Å². The maximum Gasteiger partial charge on any atom is 0.433 e. The highest BCUT2D eigenvalue weighted by atomic mass is 19.4. The van der Waals surface area contributed by atoms with Crippen LogP contribution in [0.5, 0.6) is 11.8 Å². The number of anilines is 1. The Kier molecular flexibility index (Phi) is 7.77. The lowest BCUT2D eigenvalue weighted by atomic mass is 10.1. The Hall–Kier alpha value is -4.61. The van der Waals surface area contributed by atoms with E-state index in [1.165, 1.54) is 37.5 Å². The average Bonchev–Trinajstić information content (AvgIpc) is 2.83. The number of carboxylic acids is 1. The number of amides is 1. The number of carbonyl (C=O) groups is 2. The zero-order valence-corrected chi connectivity index (χ0v) is 18.8. The average molecular weight is 502 g/mol. The van der Waals surface area contributed by atoms with Crippen molar-refractivity contribution in [1.82, 2.24) is 9.97 Å². The first-order valence-electron chi connectivity index (χ1n) is 10.2. The number of aliphatic imine (C=N–C) groups is 1. The second-order valence-electron chi connectivity index (χ2n) is 7.11. The third kappa shape index (κ3) is 6.09. The van der Waals surface area contributed by atoms with Crippen molar-refractivity contribution in [3.8, 4) is 22.9 Å². The van der Waals surface area contributed by atoms with Gasteiger partial charge in [-0.1, -0.05) is 18.2 Å². The molecule has 3 rings (SSSR count). The van der Waals surface area contributed by atoms with E-state index in [0.29, 0.717) is 11.1 Å². The van der Waals surface area contributed by atoms with Crippen molar-refractivity contribution in [3.05, 3.63) is 77.9 Å². The Labute approximate surface area is 202 Å². The van der Waals surface area contributed by atoms with E-state index in [2.05, 4.69) is 20.3 Å². The van der Waals surface area contributed by atoms with Crippen molar-refractivity contribution in [2.24, 2.45) is 4.99 Å². The van der Waals surface area contributed by atoms with Gasteiger partial charge < -0.3 is 15.2 Å². The largest absolute Gasteiger partial charge is 0.478 e. The van der Waals surface area contributed by atoms with Gasteiger partial charge in [0.05, 0.1) is 11.1 Å². The van der Waals surface area contributed by atoms with E-state index in [4.69, 9.17) is 9.84 Å². The van der Waals surface area contributed by atoms with Crippen molar-refractivity contribution in [3.63, 3.8) is 0 Å². The van der Waals surface area contributed by atoms with Crippen LogP contribution in [0.2, 0.25) is 0 Å². The van der Waals surface area contributed by atoms with Crippen molar-refractivity contribution in [2.75, 3.05) is 12.4 Å². The molecule has 0 aliphatic heterocycles. The molecule has 0 fully saturated rings. The van der Waals surface area contributed by atoms with Crippen LogP contribution in [0, 0.1) is 5.82 Å². The fraction of sp³-hybridized carbons (Fsp3) is 0.125. The number of rotatable bonds is 7. The van der Waals surface area contributed by atoms with Crippen LogP contribution in [0.4, 0.5) is 23.2 Å². The summed E-state index contributed by atoms with van der Waals surface area (Å²) >= 11 is 0. The van der Waals surface area contributed by atoms with Crippen molar-refractivity contribution in [1.29, 1.82) is 0 Å². The number of carbonyl (C=O) groups excluding carboxylic acids is 1. The summed E-state index contributed by atoms with van der Waals surface area (Å²) in [6.45, 7) is 1.31. The summed E-state index contributed by atoms with van der Waals surface area (Å²) < 4.78 is 58.6. The Morgan fingerprint density at radius 2 is 1.69 bits per heavy atom. The maximum atomic E-state index is 14.0. The molecule has 0 atom stereocenters. The number of aromatic nitrogens is 2. The molecule has 2 aromatic carbocycles. The van der Waals surface area contributed by atoms with Gasteiger partial charge in [-0.3, -0.25) is 9.79 Å². The first-order valence-corrected chi connectivity index (χ1v) is 10.2. The molecule has 0 spiro atoms. The number of ether oxygens (including phenoxy) is 1. The summed E-state index contributed by atoms with van der Waals surface area (Å²) in [5.74, 6) is -3.39. The number of hydrogen-bond donors (Lipinski definition) is 2. The van der Waals surface area contributed by atoms with E-state index in [0.717, 1.165) is 25.3 Å². The summed E-state index contributed by atoms with van der Waals surface area (Å²) in [6.07, 6.45) is -0.955. The van der Waals surface area contributed by atoms with Crippen LogP contribution in [0.15, 0.2) is 71.5 Å². The number of halogens is 4. The predicted octanol–water partition coefficient (Wildman–Crippen LogP) is 5.29. The molecule has 36 heavy (non-hydrogen) atoms. The van der Waals surface area contributed by atoms with E-state index in [1.54, 1.807) is 12.1 Å². The van der Waals surface area contributed by atoms with Gasteiger partial charge in [-0.05, 0) is 42.8 Å². The molecule has 0 saturated heterocycles. The van der Waals surface area contributed by atoms with Crippen molar-refractivity contribution >= 4 is 23.3 Å². The summed E-state index contributed by atoms with van der Waals surface area (Å²) in [5.41, 5.74) is -0.718. The quantitative estimate of drug-likeness (QED) is 0.258. The highest BCUT2D eigenvalue weighted by molar-refractivity contribution is 6.27. The topological polar surface area (TPSA) is 114 Å². The van der Waals surface area contributed by atoms with Gasteiger partial charge in [0.1, 0.15) is 0 Å². The van der Waals surface area contributed by atoms with E-state index in [1.807, 2.05) is 0 Å². The first-order chi connectivity index (χ1) is 17.0. The molecule has 1 aromatic heterocycles. The SMILES string of the molecule is C/C=C(/C(=O)Nc1ccc(-c2cnc(Oc3ccc(C(=O)O)cc3F)nc2)cc1)C(=NC)C(F)(F)F. The minimum Gasteiger partial charge on any atom is -0.478 e. The maximum absolute atomic E-state index is 14.0. The van der Waals surface area contributed by atoms with Crippen LogP contribution >= 0.6 is 0 Å². The normalized spacial score (nSPS) is 12.3. The van der Waals surface area contributed by atoms with E-state index >= 15 is 0 Å². The molecule has 0 aliphatic carbocycles. The van der Waals surface area contributed by atoms with E-state index in [-0.39, 0.29) is 23.0 Å². The number of hydrogen-bond acceptors (Lipinski definition) is 6. The second-order valence-corrected chi connectivity index (χ2v) is 7.11. The highest BCUT2D eigenvalue weighted by Crippen LogP contribution is 2.26. The molecule has 8 nitrogen and oxygen atoms in total. The van der Waals surface area contributed by atoms with Crippen LogP contribution in [0.25, 0.3) is 11.1 Å². The van der Waals surface area contributed by atoms with Crippen molar-refractivity contribution < 1.29 is 37.0 Å². The zero-order chi connectivity index (χ0) is 26.5. The Bertz CT molecular complexity index is 1340. The summed E-state index contributed by atoms with van der Waals surface area (Å²) in [5, 5.41) is 11.3. The number of alkyl halides is 3. The summed E-state index contributed by atoms with van der Waals surface area (Å²) in [7, 11) is 0.957. The molecule has 0 bridgehead atoms. The Morgan fingerprint density at radius 1 is 1.06 bits per heavy atom. The number of nitrogens with one attached hydrogen (secondary N) is 1. The second kappa shape index (κ2) is 10.8. The molecule has 0 radical (unpaired) electrons. The molecule has 3 aromatic rings. The molecule has 2 N–H and O–H groups in total. The van der Waals surface area contributed by atoms with Gasteiger partial charge in [-0.15, -0.1) is 0 Å². The predicted molar refractivity (Wildman–Crippen MR) is 123 cm³/mol. The lowest BCUT2D eigenvalue weighted by Gasteiger charge is -2.14. The first kappa shape index (κ1) is 26.0. The monoisotopic (exact) mass is 502 g/mol. The smallest absolute Gasteiger partial charge is 0.433 e. The molecule has 1 heterocycles. The number of benzene rings is 2. The van der Waals surface area contributed by atoms with E-state index in [9.17, 15) is 27.2 Å². The lowest BCUT2D eigenvalue weighted by molar-refractivity contribution is -0.113. The zero-order valence-electron chi connectivity index (χ0n) is 18.8. The fourth-order valence-corrected chi connectivity index (χ4v) is 3.05. The van der Waals surface area contributed by atoms with E-state index < -0.39 is 35.2 Å². The van der Waals surface area contributed by atoms with Gasteiger partial charge in [0.15, 0.2) is 17.3 Å². The molecule has 12 heteroatoms. The van der Waals surface area contributed by atoms with Crippen LogP contribution < -0.4 is 10.1 Å². The minimum atomic E-state index is -4.78.